The molecule has 0 fully saturated rings. The summed E-state index contributed by atoms with van der Waals surface area (Å²) in [5.74, 6) is -1.30. The maximum atomic E-state index is 10.4. The molecule has 1 rings (SSSR count). The Morgan fingerprint density at radius 3 is 2.62 bits per heavy atom. The van der Waals surface area contributed by atoms with Gasteiger partial charge in [-0.15, -0.1) is 0 Å². The largest absolute Gasteiger partial charge is 0.479 e. The number of aliphatic carboxylic acids is 1. The Bertz CT molecular complexity index is 340. The first-order chi connectivity index (χ1) is 6.02. The van der Waals surface area contributed by atoms with E-state index in [1.165, 1.54) is 6.07 Å². The fraction of sp³-hybridized carbons (Fsp3) is 0.125. The molecule has 1 atom stereocenters. The lowest BCUT2D eigenvalue weighted by molar-refractivity contribution is -0.146. The zero-order valence-electron chi connectivity index (χ0n) is 6.37. The van der Waals surface area contributed by atoms with Crippen LogP contribution in [0.5, 0.6) is 0 Å². The molecule has 0 aliphatic carbocycles. The maximum absolute atomic E-state index is 10.4. The number of aliphatic hydroxyl groups is 1. The minimum absolute atomic E-state index is 0.217. The molecular weight excluding hydrogens is 306 g/mol. The highest BCUT2D eigenvalue weighted by molar-refractivity contribution is 14.1. The van der Waals surface area contributed by atoms with Crippen LogP contribution in [0.3, 0.4) is 0 Å². The molecule has 2 N–H and O–H groups in total. The molecule has 3 nitrogen and oxygen atoms in total. The lowest BCUT2D eigenvalue weighted by Gasteiger charge is -2.07. The first kappa shape index (κ1) is 10.7. The molecule has 70 valence electrons. The summed E-state index contributed by atoms with van der Waals surface area (Å²) in [5.41, 5.74) is 0.217. The van der Waals surface area contributed by atoms with Gasteiger partial charge in [-0.2, -0.15) is 0 Å². The number of hydrogen-bond donors (Lipinski definition) is 2. The summed E-state index contributed by atoms with van der Waals surface area (Å²) >= 11 is 7.79. The number of halogens is 2. The first-order valence-electron chi connectivity index (χ1n) is 3.38. The monoisotopic (exact) mass is 312 g/mol. The molecule has 0 aliphatic rings. The van der Waals surface area contributed by atoms with Crippen LogP contribution < -0.4 is 0 Å². The zero-order chi connectivity index (χ0) is 10.0. The molecule has 1 aromatic rings. The van der Waals surface area contributed by atoms with E-state index in [9.17, 15) is 9.90 Å². The number of carbonyl (C=O) groups is 1. The quantitative estimate of drug-likeness (QED) is 0.822. The highest BCUT2D eigenvalue weighted by Crippen LogP contribution is 2.24. The fourth-order valence-corrected chi connectivity index (χ4v) is 1.82. The molecule has 1 aromatic carbocycles. The Hall–Kier alpha value is -0.330. The van der Waals surface area contributed by atoms with Crippen LogP contribution in [0.1, 0.15) is 11.7 Å². The predicted molar refractivity (Wildman–Crippen MR) is 56.8 cm³/mol. The predicted octanol–water partition coefficient (Wildman–Crippen LogP) is 2.06. The Morgan fingerprint density at radius 1 is 1.54 bits per heavy atom. The van der Waals surface area contributed by atoms with Crippen molar-refractivity contribution >= 4 is 40.2 Å². The fourth-order valence-electron chi connectivity index (χ4n) is 0.856. The van der Waals surface area contributed by atoms with E-state index in [0.29, 0.717) is 0 Å². The van der Waals surface area contributed by atoms with Gasteiger partial charge < -0.3 is 10.2 Å². The summed E-state index contributed by atoms with van der Waals surface area (Å²) in [6, 6.07) is 4.79. The molecule has 0 spiro atoms. The average molecular weight is 312 g/mol. The van der Waals surface area contributed by atoms with Gasteiger partial charge in [-0.1, -0.05) is 17.7 Å². The van der Waals surface area contributed by atoms with Gasteiger partial charge >= 0.3 is 5.97 Å². The van der Waals surface area contributed by atoms with Crippen LogP contribution in [0.25, 0.3) is 0 Å². The summed E-state index contributed by atoms with van der Waals surface area (Å²) in [7, 11) is 0. The van der Waals surface area contributed by atoms with Crippen LogP contribution in [0.15, 0.2) is 18.2 Å². The second-order valence-corrected chi connectivity index (χ2v) is 4.06. The highest BCUT2D eigenvalue weighted by Gasteiger charge is 2.18. The van der Waals surface area contributed by atoms with E-state index in [-0.39, 0.29) is 10.6 Å². The second-order valence-electron chi connectivity index (χ2n) is 2.41. The number of carboxylic acids is 1. The molecule has 0 bridgehead atoms. The van der Waals surface area contributed by atoms with Crippen LogP contribution in [0.2, 0.25) is 5.02 Å². The van der Waals surface area contributed by atoms with E-state index in [1.807, 2.05) is 22.6 Å². The molecule has 13 heavy (non-hydrogen) atoms. The van der Waals surface area contributed by atoms with Crippen LogP contribution >= 0.6 is 34.2 Å². The van der Waals surface area contributed by atoms with Crippen LogP contribution in [0.4, 0.5) is 0 Å². The van der Waals surface area contributed by atoms with E-state index in [1.54, 1.807) is 12.1 Å². The van der Waals surface area contributed by atoms with Crippen LogP contribution in [-0.4, -0.2) is 16.2 Å². The van der Waals surface area contributed by atoms with Crippen molar-refractivity contribution in [2.45, 2.75) is 6.10 Å². The van der Waals surface area contributed by atoms with Gasteiger partial charge in [-0.05, 0) is 34.7 Å². The lowest BCUT2D eigenvalue weighted by Crippen LogP contribution is -2.10. The van der Waals surface area contributed by atoms with Crippen LogP contribution in [0, 0.1) is 3.57 Å². The van der Waals surface area contributed by atoms with Crippen molar-refractivity contribution in [2.24, 2.45) is 0 Å². The van der Waals surface area contributed by atoms with Gasteiger partial charge in [0.15, 0.2) is 6.10 Å². The van der Waals surface area contributed by atoms with Crippen molar-refractivity contribution in [1.29, 1.82) is 0 Å². The topological polar surface area (TPSA) is 57.5 Å². The third kappa shape index (κ3) is 2.55. The van der Waals surface area contributed by atoms with Crippen molar-refractivity contribution in [3.63, 3.8) is 0 Å². The van der Waals surface area contributed by atoms with Gasteiger partial charge in [0.2, 0.25) is 0 Å². The smallest absolute Gasteiger partial charge is 0.337 e. The summed E-state index contributed by atoms with van der Waals surface area (Å²) < 4.78 is 0.893. The van der Waals surface area contributed by atoms with Gasteiger partial charge in [-0.3, -0.25) is 0 Å². The van der Waals surface area contributed by atoms with Crippen LogP contribution in [-0.2, 0) is 4.79 Å². The number of hydrogen-bond acceptors (Lipinski definition) is 2. The average Bonchev–Trinajstić information content (AvgIpc) is 2.03. The van der Waals surface area contributed by atoms with Gasteiger partial charge in [-0.25, -0.2) is 4.79 Å². The minimum Gasteiger partial charge on any atom is -0.479 e. The molecule has 0 aromatic heterocycles. The van der Waals surface area contributed by atoms with Gasteiger partial charge in [0.1, 0.15) is 0 Å². The molecule has 0 radical (unpaired) electrons. The lowest BCUT2D eigenvalue weighted by atomic mass is 10.1. The van der Waals surface area contributed by atoms with Crippen molar-refractivity contribution in [3.8, 4) is 0 Å². The normalized spacial score (nSPS) is 12.5. The highest BCUT2D eigenvalue weighted by atomic mass is 127. The van der Waals surface area contributed by atoms with Crippen molar-refractivity contribution in [2.75, 3.05) is 0 Å². The first-order valence-corrected chi connectivity index (χ1v) is 4.84. The van der Waals surface area contributed by atoms with E-state index in [0.717, 1.165) is 3.57 Å². The van der Waals surface area contributed by atoms with Gasteiger partial charge in [0.05, 0.1) is 0 Å². The molecule has 0 aliphatic heterocycles. The number of aliphatic hydroxyl groups excluding tert-OH is 1. The van der Waals surface area contributed by atoms with Gasteiger partial charge in [0, 0.05) is 14.2 Å². The van der Waals surface area contributed by atoms with Crippen molar-refractivity contribution in [3.05, 3.63) is 32.4 Å². The molecule has 1 unspecified atom stereocenters. The molecule has 0 saturated heterocycles. The van der Waals surface area contributed by atoms with Crippen molar-refractivity contribution < 1.29 is 15.0 Å². The van der Waals surface area contributed by atoms with E-state index in [4.69, 9.17) is 16.7 Å². The van der Waals surface area contributed by atoms with E-state index in [2.05, 4.69) is 0 Å². The Morgan fingerprint density at radius 2 is 2.15 bits per heavy atom. The molecule has 0 saturated carbocycles. The molecule has 5 heteroatoms. The zero-order valence-corrected chi connectivity index (χ0v) is 9.28. The molecular formula is C8H6ClIO3. The Labute approximate surface area is 93.5 Å². The standard InChI is InChI=1S/C8H6ClIO3/c9-6-3-4(10)1-2-5(6)7(11)8(12)13/h1-3,7,11H,(H,12,13). The van der Waals surface area contributed by atoms with Gasteiger partial charge in [0.25, 0.3) is 0 Å². The summed E-state index contributed by atoms with van der Waals surface area (Å²) in [6.07, 6.45) is -1.55. The summed E-state index contributed by atoms with van der Waals surface area (Å²) in [4.78, 5) is 10.4. The second kappa shape index (κ2) is 4.26. The van der Waals surface area contributed by atoms with Crippen molar-refractivity contribution in [1.82, 2.24) is 0 Å². The third-order valence-corrected chi connectivity index (χ3v) is 2.49. The van der Waals surface area contributed by atoms with E-state index >= 15 is 0 Å². The minimum atomic E-state index is -1.55. The Kier molecular flexibility index (Phi) is 3.52. The number of benzene rings is 1. The third-order valence-electron chi connectivity index (χ3n) is 1.49. The number of rotatable bonds is 2. The SMILES string of the molecule is O=C(O)C(O)c1ccc(I)cc1Cl. The maximum Gasteiger partial charge on any atom is 0.337 e. The van der Waals surface area contributed by atoms with E-state index < -0.39 is 12.1 Å². The Balaban J connectivity index is 3.08. The molecule has 0 amide bonds. The summed E-state index contributed by atoms with van der Waals surface area (Å²) in [6.45, 7) is 0. The summed E-state index contributed by atoms with van der Waals surface area (Å²) in [5, 5.41) is 18.0. The number of carboxylic acid groups (broad SMARTS) is 1. The molecule has 0 heterocycles.